The molecule has 142 valence electrons. The first-order valence-corrected chi connectivity index (χ1v) is 9.54. The van der Waals surface area contributed by atoms with Gasteiger partial charge in [-0.15, -0.1) is 0 Å². The van der Waals surface area contributed by atoms with Gasteiger partial charge in [0.05, 0.1) is 5.92 Å². The molecular formula is C23H20O5. The quantitative estimate of drug-likeness (QED) is 0.456. The molecule has 0 N–H and O–H groups in total. The number of allylic oxidation sites excluding steroid dienone is 2. The van der Waals surface area contributed by atoms with Crippen molar-refractivity contribution in [2.24, 2.45) is 17.8 Å². The lowest BCUT2D eigenvalue weighted by Crippen LogP contribution is -2.39. The van der Waals surface area contributed by atoms with Crippen LogP contribution < -0.4 is 9.47 Å². The number of carbonyl (C=O) groups excluding carboxylic acids is 2. The van der Waals surface area contributed by atoms with Gasteiger partial charge < -0.3 is 14.2 Å². The van der Waals surface area contributed by atoms with Crippen molar-refractivity contribution in [3.8, 4) is 11.5 Å². The second-order valence-corrected chi connectivity index (χ2v) is 7.74. The molecule has 1 aliphatic heterocycles. The molecule has 0 spiro atoms. The van der Waals surface area contributed by atoms with E-state index in [4.69, 9.17) is 14.2 Å². The molecule has 5 heteroatoms. The van der Waals surface area contributed by atoms with Crippen molar-refractivity contribution in [2.45, 2.75) is 25.6 Å². The number of carbonyl (C=O) groups is 2. The maximum atomic E-state index is 12.8. The van der Waals surface area contributed by atoms with Gasteiger partial charge in [-0.25, -0.2) is 4.79 Å². The van der Waals surface area contributed by atoms with Crippen molar-refractivity contribution in [3.63, 3.8) is 0 Å². The van der Waals surface area contributed by atoms with Crippen LogP contribution in [0, 0.1) is 17.8 Å². The Bertz CT molecular complexity index is 980. The highest BCUT2D eigenvalue weighted by molar-refractivity contribution is 5.97. The monoisotopic (exact) mass is 376 g/mol. The van der Waals surface area contributed by atoms with E-state index in [1.807, 2.05) is 30.3 Å². The molecule has 5 nitrogen and oxygen atoms in total. The number of ether oxygens (including phenoxy) is 3. The molecule has 28 heavy (non-hydrogen) atoms. The summed E-state index contributed by atoms with van der Waals surface area (Å²) in [5, 5.41) is 0. The van der Waals surface area contributed by atoms with Crippen molar-refractivity contribution >= 4 is 11.9 Å². The second-order valence-electron chi connectivity index (χ2n) is 7.74. The third-order valence-corrected chi connectivity index (χ3v) is 5.87. The molecule has 3 aliphatic rings. The van der Waals surface area contributed by atoms with Gasteiger partial charge in [0.2, 0.25) is 0 Å². The Balaban J connectivity index is 1.43. The van der Waals surface area contributed by atoms with Gasteiger partial charge in [-0.1, -0.05) is 48.6 Å². The summed E-state index contributed by atoms with van der Waals surface area (Å²) in [6, 6.07) is 14.3. The lowest BCUT2D eigenvalue weighted by atomic mass is 9.94. The molecule has 0 radical (unpaired) electrons. The van der Waals surface area contributed by atoms with E-state index in [1.165, 1.54) is 0 Å². The summed E-state index contributed by atoms with van der Waals surface area (Å²) in [6.45, 7) is 1.70. The fourth-order valence-corrected chi connectivity index (χ4v) is 4.44. The van der Waals surface area contributed by atoms with Crippen molar-refractivity contribution in [1.82, 2.24) is 0 Å². The highest BCUT2D eigenvalue weighted by atomic mass is 16.7. The fourth-order valence-electron chi connectivity index (χ4n) is 4.44. The summed E-state index contributed by atoms with van der Waals surface area (Å²) in [6.07, 6.45) is 6.09. The van der Waals surface area contributed by atoms with Crippen LogP contribution in [0.1, 0.15) is 35.7 Å². The average molecular weight is 376 g/mol. The molecule has 1 fully saturated rings. The number of rotatable bonds is 3. The minimum Gasteiger partial charge on any atom is -0.447 e. The number of fused-ring (bicyclic) bond motifs is 3. The van der Waals surface area contributed by atoms with Crippen molar-refractivity contribution in [1.29, 1.82) is 0 Å². The molecule has 2 aliphatic carbocycles. The normalized spacial score (nSPS) is 29.8. The molecule has 5 rings (SSSR count). The molecule has 1 saturated carbocycles. The standard InChI is InChI=1S/C23H20O5/c1-23(16-6-3-2-4-7-16)27-19-9-5-8-18(20(19)22(25)28-23)26-21(24)17-13-14-10-11-15(17)12-14/h2-11,14-15,17H,12-13H2,1H3. The van der Waals surface area contributed by atoms with Gasteiger partial charge in [0.25, 0.3) is 5.79 Å². The van der Waals surface area contributed by atoms with Crippen molar-refractivity contribution in [3.05, 3.63) is 71.8 Å². The summed E-state index contributed by atoms with van der Waals surface area (Å²) in [7, 11) is 0. The van der Waals surface area contributed by atoms with Crippen LogP contribution in [-0.4, -0.2) is 11.9 Å². The Morgan fingerprint density at radius 3 is 2.57 bits per heavy atom. The van der Waals surface area contributed by atoms with Crippen LogP contribution in [0.5, 0.6) is 11.5 Å². The van der Waals surface area contributed by atoms with Crippen LogP contribution in [0.3, 0.4) is 0 Å². The van der Waals surface area contributed by atoms with Gasteiger partial charge in [0.15, 0.2) is 0 Å². The largest absolute Gasteiger partial charge is 0.447 e. The molecule has 4 atom stereocenters. The van der Waals surface area contributed by atoms with Gasteiger partial charge in [-0.05, 0) is 36.8 Å². The summed E-state index contributed by atoms with van der Waals surface area (Å²) in [5.74, 6) is -1.01. The number of esters is 2. The topological polar surface area (TPSA) is 61.8 Å². The molecule has 2 aromatic carbocycles. The number of hydrogen-bond donors (Lipinski definition) is 0. The molecular weight excluding hydrogens is 356 g/mol. The summed E-state index contributed by atoms with van der Waals surface area (Å²) >= 11 is 0. The van der Waals surface area contributed by atoms with Crippen LogP contribution in [0.25, 0.3) is 0 Å². The molecule has 0 saturated heterocycles. The zero-order valence-electron chi connectivity index (χ0n) is 15.5. The zero-order valence-corrected chi connectivity index (χ0v) is 15.5. The Kier molecular flexibility index (Phi) is 3.79. The summed E-state index contributed by atoms with van der Waals surface area (Å²) in [4.78, 5) is 25.5. The Morgan fingerprint density at radius 1 is 1.04 bits per heavy atom. The van der Waals surface area contributed by atoms with Crippen molar-refractivity contribution < 1.29 is 23.8 Å². The van der Waals surface area contributed by atoms with Gasteiger partial charge in [-0.2, -0.15) is 0 Å². The average Bonchev–Trinajstić information content (AvgIpc) is 3.32. The van der Waals surface area contributed by atoms with Crippen LogP contribution in [-0.2, 0) is 15.3 Å². The number of benzene rings is 2. The SMILES string of the molecule is CC1(c2ccccc2)OC(=O)c2c(OC(=O)C3CC4C=CC3C4)cccc2O1. The van der Waals surface area contributed by atoms with Gasteiger partial charge >= 0.3 is 11.9 Å². The number of cyclic esters (lactones) is 1. The van der Waals surface area contributed by atoms with E-state index in [1.54, 1.807) is 25.1 Å². The smallest absolute Gasteiger partial charge is 0.349 e. The first-order chi connectivity index (χ1) is 13.5. The van der Waals surface area contributed by atoms with Crippen LogP contribution >= 0.6 is 0 Å². The molecule has 2 aromatic rings. The maximum absolute atomic E-state index is 12.8. The van der Waals surface area contributed by atoms with Gasteiger partial charge in [-0.3, -0.25) is 4.79 Å². The maximum Gasteiger partial charge on any atom is 0.349 e. The fraction of sp³-hybridized carbons (Fsp3) is 0.304. The molecule has 0 aromatic heterocycles. The minimum absolute atomic E-state index is 0.152. The molecule has 1 heterocycles. The number of hydrogen-bond acceptors (Lipinski definition) is 5. The second kappa shape index (κ2) is 6.23. The van der Waals surface area contributed by atoms with E-state index in [9.17, 15) is 9.59 Å². The lowest BCUT2D eigenvalue weighted by molar-refractivity contribution is -0.149. The first-order valence-electron chi connectivity index (χ1n) is 9.54. The Hall–Kier alpha value is -3.08. The third kappa shape index (κ3) is 2.70. The predicted molar refractivity (Wildman–Crippen MR) is 101 cm³/mol. The van der Waals surface area contributed by atoms with E-state index in [0.717, 1.165) is 18.4 Å². The molecule has 2 bridgehead atoms. The highest BCUT2D eigenvalue weighted by Crippen LogP contribution is 2.45. The van der Waals surface area contributed by atoms with Crippen molar-refractivity contribution in [2.75, 3.05) is 0 Å². The summed E-state index contributed by atoms with van der Waals surface area (Å²) < 4.78 is 17.3. The lowest BCUT2D eigenvalue weighted by Gasteiger charge is -2.35. The van der Waals surface area contributed by atoms with Crippen LogP contribution in [0.15, 0.2) is 60.7 Å². The van der Waals surface area contributed by atoms with E-state index in [-0.39, 0.29) is 29.1 Å². The summed E-state index contributed by atoms with van der Waals surface area (Å²) in [5.41, 5.74) is 0.883. The van der Waals surface area contributed by atoms with Crippen LogP contribution in [0.4, 0.5) is 0 Å². The highest BCUT2D eigenvalue weighted by Gasteiger charge is 2.44. The predicted octanol–water partition coefficient (Wildman–Crippen LogP) is 4.23. The molecule has 0 amide bonds. The third-order valence-electron chi connectivity index (χ3n) is 5.87. The van der Waals surface area contributed by atoms with E-state index in [0.29, 0.717) is 11.7 Å². The van der Waals surface area contributed by atoms with E-state index < -0.39 is 11.8 Å². The Labute approximate surface area is 162 Å². The minimum atomic E-state index is -1.23. The van der Waals surface area contributed by atoms with Crippen LogP contribution in [0.2, 0.25) is 0 Å². The van der Waals surface area contributed by atoms with E-state index >= 15 is 0 Å². The van der Waals surface area contributed by atoms with Gasteiger partial charge in [0.1, 0.15) is 17.1 Å². The van der Waals surface area contributed by atoms with Gasteiger partial charge in [0, 0.05) is 12.5 Å². The Morgan fingerprint density at radius 2 is 1.86 bits per heavy atom. The first kappa shape index (κ1) is 17.0. The van der Waals surface area contributed by atoms with E-state index in [2.05, 4.69) is 12.2 Å². The molecule has 4 unspecified atom stereocenters. The zero-order chi connectivity index (χ0) is 19.3.